The highest BCUT2D eigenvalue weighted by molar-refractivity contribution is 5.92. The van der Waals surface area contributed by atoms with Gasteiger partial charge < -0.3 is 21.3 Å². The number of nitrogens with one attached hydrogen (secondary N) is 4. The van der Waals surface area contributed by atoms with Gasteiger partial charge in [-0.25, -0.2) is 17.6 Å². The normalized spacial score (nSPS) is 18.3. The number of amides is 2. The summed E-state index contributed by atoms with van der Waals surface area (Å²) >= 11 is 0. The number of fused-ring (bicyclic) bond motifs is 1. The molecule has 4 N–H and O–H groups in total. The van der Waals surface area contributed by atoms with Crippen LogP contribution in [0, 0.1) is 11.3 Å². The van der Waals surface area contributed by atoms with E-state index in [1.807, 2.05) is 32.0 Å². The van der Waals surface area contributed by atoms with E-state index in [9.17, 15) is 27.2 Å². The summed E-state index contributed by atoms with van der Waals surface area (Å²) in [5, 5.41) is 16.5. The molecule has 3 aliphatic rings. The fraction of sp³-hybridized carbons (Fsp3) is 0.633. The van der Waals surface area contributed by atoms with E-state index < -0.39 is 17.8 Å². The Bertz CT molecular complexity index is 1180. The molecule has 2 aliphatic carbocycles. The first kappa shape index (κ1) is 33.2. The molecule has 2 amide bonds. The highest BCUT2D eigenvalue weighted by Crippen LogP contribution is 2.44. The molecule has 5 rings (SSSR count). The molecular formula is C30H44F4N6O2. The summed E-state index contributed by atoms with van der Waals surface area (Å²) in [6, 6.07) is 7.51. The van der Waals surface area contributed by atoms with Crippen LogP contribution in [0.25, 0.3) is 0 Å². The van der Waals surface area contributed by atoms with Crippen molar-refractivity contribution >= 4 is 23.2 Å². The Morgan fingerprint density at radius 1 is 1.05 bits per heavy atom. The summed E-state index contributed by atoms with van der Waals surface area (Å²) in [5.41, 5.74) is 2.36. The summed E-state index contributed by atoms with van der Waals surface area (Å²) in [6.45, 7) is 9.16. The van der Waals surface area contributed by atoms with E-state index in [0.29, 0.717) is 18.8 Å². The van der Waals surface area contributed by atoms with Crippen molar-refractivity contribution in [3.63, 3.8) is 0 Å². The Hall–Kier alpha value is -3.31. The third-order valence-electron chi connectivity index (χ3n) is 6.75. The van der Waals surface area contributed by atoms with Gasteiger partial charge in [-0.05, 0) is 43.5 Å². The quantitative estimate of drug-likeness (QED) is 0.258. The molecule has 1 unspecified atom stereocenters. The molecule has 1 atom stereocenters. The topological polar surface area (TPSA) is 100 Å². The van der Waals surface area contributed by atoms with Gasteiger partial charge in [-0.15, -0.1) is 0 Å². The maximum Gasteiger partial charge on any atom is 0.269 e. The number of hydrogen-bond donors (Lipinski definition) is 4. The number of nitrogens with zero attached hydrogens (tertiary/aromatic N) is 2. The molecule has 234 valence electrons. The molecule has 2 aromatic rings. The number of hydrogen-bond acceptors (Lipinski definition) is 5. The van der Waals surface area contributed by atoms with Crippen molar-refractivity contribution in [3.05, 3.63) is 41.7 Å². The van der Waals surface area contributed by atoms with Crippen LogP contribution in [0.1, 0.15) is 95.2 Å². The number of carbonyl (C=O) groups is 2. The van der Waals surface area contributed by atoms with Gasteiger partial charge in [-0.2, -0.15) is 5.10 Å². The monoisotopic (exact) mass is 596 g/mol. The van der Waals surface area contributed by atoms with Gasteiger partial charge in [0.25, 0.3) is 5.91 Å². The van der Waals surface area contributed by atoms with Crippen LogP contribution in [-0.2, 0) is 11.3 Å². The Kier molecular flexibility index (Phi) is 11.3. The number of rotatable bonds is 8. The van der Waals surface area contributed by atoms with Crippen molar-refractivity contribution in [2.75, 3.05) is 17.2 Å². The minimum Gasteiger partial charge on any atom is -0.362 e. The zero-order chi connectivity index (χ0) is 31.1. The van der Waals surface area contributed by atoms with Crippen LogP contribution in [0.5, 0.6) is 0 Å². The molecule has 8 nitrogen and oxygen atoms in total. The Morgan fingerprint density at radius 2 is 1.67 bits per heavy atom. The first-order valence-corrected chi connectivity index (χ1v) is 14.5. The SMILES string of the molecule is C1CC1.CC(C)(C)C(F)F.CC(C)n1nccc1C(=O)NCC1Nc2ccc(CNC(=O)CC3CC(F)(F)C3)cc2N1. The average molecular weight is 597 g/mol. The first-order valence-electron chi connectivity index (χ1n) is 14.5. The van der Waals surface area contributed by atoms with Crippen molar-refractivity contribution in [2.45, 2.75) is 104 Å². The Balaban J connectivity index is 0.000000412. The largest absolute Gasteiger partial charge is 0.362 e. The number of halogens is 4. The molecule has 12 heteroatoms. The zero-order valence-corrected chi connectivity index (χ0v) is 25.1. The third-order valence-corrected chi connectivity index (χ3v) is 6.75. The molecular weight excluding hydrogens is 552 g/mol. The van der Waals surface area contributed by atoms with E-state index >= 15 is 0 Å². The van der Waals surface area contributed by atoms with Gasteiger partial charge in [0.05, 0.1) is 17.9 Å². The van der Waals surface area contributed by atoms with Gasteiger partial charge in [0.2, 0.25) is 18.3 Å². The van der Waals surface area contributed by atoms with Crippen molar-refractivity contribution < 1.29 is 27.2 Å². The minimum absolute atomic E-state index is 0.0892. The fourth-order valence-corrected chi connectivity index (χ4v) is 4.12. The van der Waals surface area contributed by atoms with Crippen molar-refractivity contribution in [2.24, 2.45) is 11.3 Å². The molecule has 0 radical (unpaired) electrons. The summed E-state index contributed by atoms with van der Waals surface area (Å²) in [4.78, 5) is 24.5. The first-order chi connectivity index (χ1) is 19.6. The van der Waals surface area contributed by atoms with Crippen molar-refractivity contribution in [1.29, 1.82) is 0 Å². The van der Waals surface area contributed by atoms with Gasteiger partial charge in [0, 0.05) is 43.5 Å². The lowest BCUT2D eigenvalue weighted by atomic mass is 9.79. The summed E-state index contributed by atoms with van der Waals surface area (Å²) in [5.74, 6) is -3.23. The molecule has 0 bridgehead atoms. The summed E-state index contributed by atoms with van der Waals surface area (Å²) in [7, 11) is 0. The number of alkyl halides is 4. The number of carbonyl (C=O) groups excluding carboxylic acids is 2. The maximum atomic E-state index is 12.9. The van der Waals surface area contributed by atoms with E-state index in [0.717, 1.165) is 16.9 Å². The molecule has 1 aromatic heterocycles. The maximum absolute atomic E-state index is 12.9. The predicted molar refractivity (Wildman–Crippen MR) is 156 cm³/mol. The van der Waals surface area contributed by atoms with Gasteiger partial charge in [0.1, 0.15) is 11.9 Å². The van der Waals surface area contributed by atoms with Crippen LogP contribution < -0.4 is 21.3 Å². The lowest BCUT2D eigenvalue weighted by molar-refractivity contribution is -0.133. The second-order valence-electron chi connectivity index (χ2n) is 12.5. The second kappa shape index (κ2) is 14.2. The molecule has 2 heterocycles. The number of anilines is 2. The lowest BCUT2D eigenvalue weighted by Crippen LogP contribution is -2.39. The van der Waals surface area contributed by atoms with Crippen molar-refractivity contribution in [3.8, 4) is 0 Å². The van der Waals surface area contributed by atoms with Crippen molar-refractivity contribution in [1.82, 2.24) is 20.4 Å². The van der Waals surface area contributed by atoms with E-state index in [1.54, 1.807) is 16.9 Å². The van der Waals surface area contributed by atoms with Crippen LogP contribution in [0.3, 0.4) is 0 Å². The third kappa shape index (κ3) is 10.5. The molecule has 0 spiro atoms. The molecule has 42 heavy (non-hydrogen) atoms. The highest BCUT2D eigenvalue weighted by atomic mass is 19.3. The second-order valence-corrected chi connectivity index (χ2v) is 12.5. The van der Waals surface area contributed by atoms with Gasteiger partial charge in [-0.1, -0.05) is 46.1 Å². The molecule has 1 aliphatic heterocycles. The van der Waals surface area contributed by atoms with Crippen LogP contribution >= 0.6 is 0 Å². The predicted octanol–water partition coefficient (Wildman–Crippen LogP) is 6.58. The number of aromatic nitrogens is 2. The molecule has 1 aromatic carbocycles. The van der Waals surface area contributed by atoms with E-state index in [2.05, 4.69) is 26.4 Å². The van der Waals surface area contributed by atoms with E-state index in [-0.39, 0.29) is 49.2 Å². The average Bonchev–Trinajstić information content (AvgIpc) is 3.58. The minimum atomic E-state index is -2.60. The van der Waals surface area contributed by atoms with Crippen LogP contribution in [0.4, 0.5) is 28.9 Å². The van der Waals surface area contributed by atoms with Crippen LogP contribution in [0.2, 0.25) is 0 Å². The fourth-order valence-electron chi connectivity index (χ4n) is 4.12. The summed E-state index contributed by atoms with van der Waals surface area (Å²) in [6.07, 6.45) is 3.47. The van der Waals surface area contributed by atoms with Crippen LogP contribution in [0.15, 0.2) is 30.5 Å². The smallest absolute Gasteiger partial charge is 0.269 e. The van der Waals surface area contributed by atoms with Crippen LogP contribution in [-0.4, -0.2) is 46.7 Å². The van der Waals surface area contributed by atoms with Gasteiger partial charge in [0.15, 0.2) is 0 Å². The van der Waals surface area contributed by atoms with E-state index in [1.165, 1.54) is 40.0 Å². The van der Waals surface area contributed by atoms with Gasteiger partial charge >= 0.3 is 0 Å². The standard InChI is InChI=1S/C22H28F2N6O2.C5H10F2.C3H6/c1-13(2)30-18(5-6-27-30)21(32)26-12-19-28-16-4-3-14(7-17(16)29-19)11-25-20(31)8-15-9-22(23,24)10-15;1-5(2,3)4(6)7;1-2-3-1/h3-7,13,15,19,28-29H,8-12H2,1-2H3,(H,25,31)(H,26,32);4H,1-3H3;1-3H2. The van der Waals surface area contributed by atoms with Gasteiger partial charge in [-0.3, -0.25) is 14.3 Å². The Labute approximate surface area is 245 Å². The Morgan fingerprint density at radius 3 is 2.21 bits per heavy atom. The van der Waals surface area contributed by atoms with E-state index in [4.69, 9.17) is 0 Å². The molecule has 2 fully saturated rings. The highest BCUT2D eigenvalue weighted by Gasteiger charge is 2.45. The molecule has 2 saturated carbocycles. The molecule has 0 saturated heterocycles. The zero-order valence-electron chi connectivity index (χ0n) is 25.1. The lowest BCUT2D eigenvalue weighted by Gasteiger charge is -2.34. The summed E-state index contributed by atoms with van der Waals surface area (Å²) < 4.78 is 50.6. The number of benzene rings is 1.